The first-order valence-electron chi connectivity index (χ1n) is 5.28. The van der Waals surface area contributed by atoms with E-state index >= 15 is 0 Å². The van der Waals surface area contributed by atoms with Crippen LogP contribution in [0.3, 0.4) is 0 Å². The first-order chi connectivity index (χ1) is 7.97. The molecule has 0 spiro atoms. The van der Waals surface area contributed by atoms with Crippen LogP contribution in [0.25, 0.3) is 0 Å². The van der Waals surface area contributed by atoms with Crippen LogP contribution in [0.15, 0.2) is 0 Å². The molecule has 0 amide bonds. The lowest BCUT2D eigenvalue weighted by atomic mass is 9.97. The van der Waals surface area contributed by atoms with Crippen molar-refractivity contribution < 1.29 is 29.0 Å². The Labute approximate surface area is 98.9 Å². The van der Waals surface area contributed by atoms with Crippen molar-refractivity contribution in [3.63, 3.8) is 0 Å². The fraction of sp³-hybridized carbons (Fsp3) is 0.636. The van der Waals surface area contributed by atoms with E-state index in [4.69, 9.17) is 4.74 Å². The number of hydrogen-bond acceptors (Lipinski definition) is 6. The van der Waals surface area contributed by atoms with Crippen LogP contribution in [0.1, 0.15) is 26.7 Å². The highest BCUT2D eigenvalue weighted by Gasteiger charge is 2.28. The summed E-state index contributed by atoms with van der Waals surface area (Å²) < 4.78 is 4.79. The standard InChI is InChI=1S/C11H16O6/c1-3-8(14)11(16)17-10(4-5-12)7(2)9(15)6-13/h5-7,9-10,15H,3-4H2,1-2H3/t7-,9+,10+/m1/s1. The minimum absolute atomic E-state index is 0.00272. The van der Waals surface area contributed by atoms with Crippen molar-refractivity contribution in [3.8, 4) is 0 Å². The molecule has 0 aromatic rings. The van der Waals surface area contributed by atoms with Crippen LogP contribution < -0.4 is 0 Å². The van der Waals surface area contributed by atoms with Gasteiger partial charge in [-0.15, -0.1) is 0 Å². The molecule has 6 nitrogen and oxygen atoms in total. The Balaban J connectivity index is 4.63. The normalized spacial score (nSPS) is 15.5. The van der Waals surface area contributed by atoms with Gasteiger partial charge in [0.15, 0.2) is 0 Å². The summed E-state index contributed by atoms with van der Waals surface area (Å²) in [7, 11) is 0. The number of ketones is 1. The van der Waals surface area contributed by atoms with E-state index in [1.807, 2.05) is 0 Å². The lowest BCUT2D eigenvalue weighted by Crippen LogP contribution is -2.36. The molecule has 3 atom stereocenters. The maximum atomic E-state index is 11.2. The molecule has 0 aromatic carbocycles. The second-order valence-corrected chi connectivity index (χ2v) is 3.61. The molecule has 0 aliphatic rings. The van der Waals surface area contributed by atoms with Gasteiger partial charge in [-0.1, -0.05) is 13.8 Å². The Kier molecular flexibility index (Phi) is 6.97. The van der Waals surface area contributed by atoms with Crippen LogP contribution in [-0.4, -0.2) is 41.6 Å². The predicted molar refractivity (Wildman–Crippen MR) is 57.1 cm³/mol. The first kappa shape index (κ1) is 15.4. The van der Waals surface area contributed by atoms with Gasteiger partial charge in [0.05, 0.1) is 0 Å². The predicted octanol–water partition coefficient (Wildman–Crippen LogP) is -0.338. The molecular weight excluding hydrogens is 228 g/mol. The molecule has 0 aromatic heterocycles. The van der Waals surface area contributed by atoms with Gasteiger partial charge < -0.3 is 19.4 Å². The van der Waals surface area contributed by atoms with Crippen LogP contribution in [-0.2, 0) is 23.9 Å². The molecule has 0 rings (SSSR count). The Hall–Kier alpha value is -1.56. The number of Topliss-reactive ketones (excluding diaryl/α,β-unsaturated/α-hetero) is 1. The molecule has 0 aliphatic heterocycles. The van der Waals surface area contributed by atoms with Gasteiger partial charge in [-0.3, -0.25) is 4.79 Å². The minimum Gasteiger partial charge on any atom is -0.456 e. The van der Waals surface area contributed by atoms with Crippen molar-refractivity contribution in [2.45, 2.75) is 38.9 Å². The highest BCUT2D eigenvalue weighted by molar-refractivity contribution is 6.33. The van der Waals surface area contributed by atoms with E-state index in [0.717, 1.165) is 0 Å². The summed E-state index contributed by atoms with van der Waals surface area (Å²) in [6, 6.07) is 0. The average Bonchev–Trinajstić information content (AvgIpc) is 2.35. The molecule has 17 heavy (non-hydrogen) atoms. The number of carbonyl (C=O) groups excluding carboxylic acids is 4. The lowest BCUT2D eigenvalue weighted by Gasteiger charge is -2.23. The molecule has 0 saturated heterocycles. The zero-order valence-corrected chi connectivity index (χ0v) is 9.79. The third kappa shape index (κ3) is 4.86. The van der Waals surface area contributed by atoms with Gasteiger partial charge in [-0.2, -0.15) is 0 Å². The molecule has 1 N–H and O–H groups in total. The van der Waals surface area contributed by atoms with E-state index in [0.29, 0.717) is 6.29 Å². The van der Waals surface area contributed by atoms with Crippen LogP contribution in [0.5, 0.6) is 0 Å². The summed E-state index contributed by atoms with van der Waals surface area (Å²) in [5, 5.41) is 9.27. The zero-order chi connectivity index (χ0) is 13.4. The van der Waals surface area contributed by atoms with E-state index in [9.17, 15) is 24.3 Å². The number of aliphatic hydroxyl groups excluding tert-OH is 1. The Morgan fingerprint density at radius 2 is 1.94 bits per heavy atom. The molecule has 0 bridgehead atoms. The largest absolute Gasteiger partial charge is 0.456 e. The number of rotatable bonds is 8. The van der Waals surface area contributed by atoms with Crippen molar-refractivity contribution in [2.24, 2.45) is 5.92 Å². The van der Waals surface area contributed by atoms with E-state index in [1.165, 1.54) is 13.8 Å². The molecule has 0 fully saturated rings. The number of aliphatic hydroxyl groups is 1. The van der Waals surface area contributed by atoms with Crippen LogP contribution >= 0.6 is 0 Å². The minimum atomic E-state index is -1.34. The van der Waals surface area contributed by atoms with Gasteiger partial charge >= 0.3 is 5.97 Å². The van der Waals surface area contributed by atoms with Crippen molar-refractivity contribution >= 4 is 24.3 Å². The smallest absolute Gasteiger partial charge is 0.374 e. The molecule has 0 aliphatic carbocycles. The fourth-order valence-corrected chi connectivity index (χ4v) is 1.16. The van der Waals surface area contributed by atoms with Gasteiger partial charge in [-0.25, -0.2) is 4.79 Å². The summed E-state index contributed by atoms with van der Waals surface area (Å²) in [4.78, 5) is 43.0. The summed E-state index contributed by atoms with van der Waals surface area (Å²) >= 11 is 0. The molecule has 96 valence electrons. The van der Waals surface area contributed by atoms with Gasteiger partial charge in [0.1, 0.15) is 24.8 Å². The van der Waals surface area contributed by atoms with Crippen LogP contribution in [0.2, 0.25) is 0 Å². The first-order valence-corrected chi connectivity index (χ1v) is 5.28. The number of esters is 1. The van der Waals surface area contributed by atoms with E-state index < -0.39 is 29.9 Å². The summed E-state index contributed by atoms with van der Waals surface area (Å²) in [6.45, 7) is 2.96. The second-order valence-electron chi connectivity index (χ2n) is 3.61. The van der Waals surface area contributed by atoms with Gasteiger partial charge in [0.25, 0.3) is 0 Å². The Bertz CT molecular complexity index is 298. The number of ether oxygens (including phenoxy) is 1. The number of aldehydes is 2. The zero-order valence-electron chi connectivity index (χ0n) is 9.79. The van der Waals surface area contributed by atoms with Crippen molar-refractivity contribution in [1.82, 2.24) is 0 Å². The average molecular weight is 244 g/mol. The molecule has 6 heteroatoms. The fourth-order valence-electron chi connectivity index (χ4n) is 1.16. The van der Waals surface area contributed by atoms with Gasteiger partial charge in [-0.05, 0) is 0 Å². The quantitative estimate of drug-likeness (QED) is 0.356. The monoisotopic (exact) mass is 244 g/mol. The van der Waals surface area contributed by atoms with Gasteiger partial charge in [0, 0.05) is 18.8 Å². The highest BCUT2D eigenvalue weighted by atomic mass is 16.5. The van der Waals surface area contributed by atoms with Gasteiger partial charge in [0.2, 0.25) is 5.78 Å². The van der Waals surface area contributed by atoms with E-state index in [1.54, 1.807) is 0 Å². The topological polar surface area (TPSA) is 97.7 Å². The van der Waals surface area contributed by atoms with Crippen LogP contribution in [0, 0.1) is 5.92 Å². The molecule has 0 saturated carbocycles. The summed E-state index contributed by atoms with van der Waals surface area (Å²) in [6.07, 6.45) is -1.70. The molecule has 0 unspecified atom stereocenters. The maximum absolute atomic E-state index is 11.2. The highest BCUT2D eigenvalue weighted by Crippen LogP contribution is 2.14. The van der Waals surface area contributed by atoms with E-state index in [-0.39, 0.29) is 19.1 Å². The Morgan fingerprint density at radius 1 is 1.35 bits per heavy atom. The molecule has 0 radical (unpaired) electrons. The Morgan fingerprint density at radius 3 is 2.35 bits per heavy atom. The SMILES string of the molecule is CCC(=O)C(=O)O[C@@H](CC=O)[C@H](C)[C@@H](O)C=O. The molecule has 0 heterocycles. The molecular formula is C11H16O6. The van der Waals surface area contributed by atoms with Crippen molar-refractivity contribution in [1.29, 1.82) is 0 Å². The summed E-state index contributed by atoms with van der Waals surface area (Å²) in [5.41, 5.74) is 0. The van der Waals surface area contributed by atoms with E-state index in [2.05, 4.69) is 0 Å². The van der Waals surface area contributed by atoms with Crippen LogP contribution in [0.4, 0.5) is 0 Å². The number of carbonyl (C=O) groups is 4. The second kappa shape index (κ2) is 7.67. The van der Waals surface area contributed by atoms with Crippen molar-refractivity contribution in [2.75, 3.05) is 0 Å². The van der Waals surface area contributed by atoms with Crippen molar-refractivity contribution in [3.05, 3.63) is 0 Å². The maximum Gasteiger partial charge on any atom is 0.374 e. The summed E-state index contributed by atoms with van der Waals surface area (Å²) in [5.74, 6) is -2.51. The third-order valence-corrected chi connectivity index (χ3v) is 2.40. The number of hydrogen-bond donors (Lipinski definition) is 1. The lowest BCUT2D eigenvalue weighted by molar-refractivity contribution is -0.162. The third-order valence-electron chi connectivity index (χ3n) is 2.40.